The molecule has 1 N–H and O–H groups in total. The summed E-state index contributed by atoms with van der Waals surface area (Å²) in [5, 5.41) is 0.777. The summed E-state index contributed by atoms with van der Waals surface area (Å²) in [4.78, 5) is 18.1. The smallest absolute Gasteiger partial charge is 0.189 e. The first-order valence-corrected chi connectivity index (χ1v) is 7.99. The number of ether oxygens (including phenoxy) is 1. The molecule has 118 valence electrons. The van der Waals surface area contributed by atoms with Crippen LogP contribution in [0.25, 0.3) is 10.9 Å². The van der Waals surface area contributed by atoms with E-state index in [0.29, 0.717) is 5.92 Å². The molecular formula is C18H24N2O2. The molecular weight excluding hydrogens is 276 g/mol. The molecule has 1 fully saturated rings. The van der Waals surface area contributed by atoms with Crippen molar-refractivity contribution in [2.24, 2.45) is 5.92 Å². The molecule has 0 bridgehead atoms. The highest BCUT2D eigenvalue weighted by Gasteiger charge is 2.20. The van der Waals surface area contributed by atoms with E-state index >= 15 is 0 Å². The van der Waals surface area contributed by atoms with Crippen molar-refractivity contribution in [3.8, 4) is 0 Å². The van der Waals surface area contributed by atoms with Crippen LogP contribution < -0.4 is 5.43 Å². The van der Waals surface area contributed by atoms with Crippen molar-refractivity contribution in [3.63, 3.8) is 0 Å². The maximum Gasteiger partial charge on any atom is 0.189 e. The minimum atomic E-state index is 0.109. The summed E-state index contributed by atoms with van der Waals surface area (Å²) in [6, 6.07) is 7.74. The molecule has 3 rings (SSSR count). The van der Waals surface area contributed by atoms with Gasteiger partial charge in [0.2, 0.25) is 0 Å². The summed E-state index contributed by atoms with van der Waals surface area (Å²) >= 11 is 0. The number of benzene rings is 1. The lowest BCUT2D eigenvalue weighted by Gasteiger charge is -2.32. The van der Waals surface area contributed by atoms with Gasteiger partial charge in [-0.25, -0.2) is 0 Å². The number of aromatic nitrogens is 1. The number of H-pyrrole nitrogens is 1. The Morgan fingerprint density at radius 2 is 2.23 bits per heavy atom. The SMILES string of the molecule is COC[C@@H]1CCCN(Cc2cc(=O)c3cc(C)ccc3[nH]2)C1. The zero-order valence-electron chi connectivity index (χ0n) is 13.4. The lowest BCUT2D eigenvalue weighted by atomic mass is 9.99. The summed E-state index contributed by atoms with van der Waals surface area (Å²) in [6.45, 7) is 5.77. The number of pyridine rings is 1. The van der Waals surface area contributed by atoms with Crippen molar-refractivity contribution in [2.45, 2.75) is 26.3 Å². The quantitative estimate of drug-likeness (QED) is 0.944. The molecule has 22 heavy (non-hydrogen) atoms. The predicted molar refractivity (Wildman–Crippen MR) is 89.2 cm³/mol. The van der Waals surface area contributed by atoms with E-state index in [0.717, 1.165) is 48.4 Å². The van der Waals surface area contributed by atoms with Crippen LogP contribution in [-0.2, 0) is 11.3 Å². The van der Waals surface area contributed by atoms with Gasteiger partial charge in [0.15, 0.2) is 5.43 Å². The zero-order chi connectivity index (χ0) is 15.5. The number of nitrogens with zero attached hydrogens (tertiary/aromatic N) is 1. The van der Waals surface area contributed by atoms with Gasteiger partial charge in [-0.2, -0.15) is 0 Å². The van der Waals surface area contributed by atoms with E-state index in [1.165, 1.54) is 12.8 Å². The van der Waals surface area contributed by atoms with Gasteiger partial charge in [0.1, 0.15) is 0 Å². The molecule has 0 aliphatic carbocycles. The van der Waals surface area contributed by atoms with Crippen molar-refractivity contribution >= 4 is 10.9 Å². The van der Waals surface area contributed by atoms with Crippen molar-refractivity contribution < 1.29 is 4.74 Å². The monoisotopic (exact) mass is 300 g/mol. The molecule has 1 aliphatic rings. The van der Waals surface area contributed by atoms with Crippen LogP contribution in [0.2, 0.25) is 0 Å². The van der Waals surface area contributed by atoms with Gasteiger partial charge in [0.25, 0.3) is 0 Å². The average molecular weight is 300 g/mol. The van der Waals surface area contributed by atoms with Crippen LogP contribution >= 0.6 is 0 Å². The Morgan fingerprint density at radius 3 is 3.05 bits per heavy atom. The Kier molecular flexibility index (Phi) is 4.60. The number of piperidine rings is 1. The number of aromatic amines is 1. The standard InChI is InChI=1S/C18H24N2O2/c1-13-5-6-17-16(8-13)18(21)9-15(19-17)11-20-7-3-4-14(10-20)12-22-2/h5-6,8-9,14H,3-4,7,10-12H2,1-2H3,(H,19,21)/t14-/m1/s1. The molecule has 4 nitrogen and oxygen atoms in total. The van der Waals surface area contributed by atoms with Crippen molar-refractivity contribution in [3.05, 3.63) is 45.7 Å². The van der Waals surface area contributed by atoms with Gasteiger partial charge < -0.3 is 9.72 Å². The summed E-state index contributed by atoms with van der Waals surface area (Å²) in [5.74, 6) is 0.605. The molecule has 1 aromatic carbocycles. The van der Waals surface area contributed by atoms with Gasteiger partial charge in [-0.1, -0.05) is 11.6 Å². The van der Waals surface area contributed by atoms with Crippen LogP contribution in [-0.4, -0.2) is 36.7 Å². The van der Waals surface area contributed by atoms with E-state index in [1.54, 1.807) is 13.2 Å². The Balaban J connectivity index is 1.79. The number of hydrogen-bond donors (Lipinski definition) is 1. The van der Waals surface area contributed by atoms with Crippen LogP contribution in [0.15, 0.2) is 29.1 Å². The molecule has 0 amide bonds. The maximum atomic E-state index is 12.3. The van der Waals surface area contributed by atoms with Gasteiger partial charge in [0.05, 0.1) is 6.61 Å². The summed E-state index contributed by atoms with van der Waals surface area (Å²) in [7, 11) is 1.77. The van der Waals surface area contributed by atoms with Gasteiger partial charge in [-0.05, 0) is 44.4 Å². The first kappa shape index (κ1) is 15.3. The predicted octanol–water partition coefficient (Wildman–Crippen LogP) is 2.69. The number of rotatable bonds is 4. The van der Waals surface area contributed by atoms with E-state index in [4.69, 9.17) is 4.74 Å². The number of hydrogen-bond acceptors (Lipinski definition) is 3. The second-order valence-electron chi connectivity index (χ2n) is 6.41. The maximum absolute atomic E-state index is 12.3. The van der Waals surface area contributed by atoms with Crippen LogP contribution in [0, 0.1) is 12.8 Å². The Hall–Kier alpha value is -1.65. The number of fused-ring (bicyclic) bond motifs is 1. The van der Waals surface area contributed by atoms with Crippen LogP contribution in [0.1, 0.15) is 24.1 Å². The Labute approximate surface area is 131 Å². The minimum Gasteiger partial charge on any atom is -0.384 e. The largest absolute Gasteiger partial charge is 0.384 e. The fourth-order valence-corrected chi connectivity index (χ4v) is 3.41. The number of methoxy groups -OCH3 is 1. The zero-order valence-corrected chi connectivity index (χ0v) is 13.4. The third-order valence-corrected chi connectivity index (χ3v) is 4.44. The van der Waals surface area contributed by atoms with Crippen molar-refractivity contribution in [2.75, 3.05) is 26.8 Å². The molecule has 1 saturated heterocycles. The third kappa shape index (κ3) is 3.39. The molecule has 1 atom stereocenters. The van der Waals surface area contributed by atoms with Gasteiger partial charge >= 0.3 is 0 Å². The molecule has 0 unspecified atom stereocenters. The van der Waals surface area contributed by atoms with E-state index in [2.05, 4.69) is 9.88 Å². The first-order valence-electron chi connectivity index (χ1n) is 7.99. The second-order valence-corrected chi connectivity index (χ2v) is 6.41. The van der Waals surface area contributed by atoms with E-state index in [9.17, 15) is 4.79 Å². The molecule has 2 heterocycles. The molecule has 4 heteroatoms. The van der Waals surface area contributed by atoms with E-state index in [1.807, 2.05) is 25.1 Å². The number of aryl methyl sites for hydroxylation is 1. The molecule has 0 saturated carbocycles. The fourth-order valence-electron chi connectivity index (χ4n) is 3.41. The van der Waals surface area contributed by atoms with Crippen molar-refractivity contribution in [1.82, 2.24) is 9.88 Å². The molecule has 1 aromatic heterocycles. The van der Waals surface area contributed by atoms with E-state index < -0.39 is 0 Å². The summed E-state index contributed by atoms with van der Waals surface area (Å²) < 4.78 is 5.28. The van der Waals surface area contributed by atoms with Gasteiger partial charge in [-0.15, -0.1) is 0 Å². The Bertz CT molecular complexity index is 706. The topological polar surface area (TPSA) is 45.3 Å². The highest BCUT2D eigenvalue weighted by Crippen LogP contribution is 2.19. The van der Waals surface area contributed by atoms with Crippen LogP contribution in [0.3, 0.4) is 0 Å². The number of likely N-dealkylation sites (tertiary alicyclic amines) is 1. The molecule has 1 aliphatic heterocycles. The summed E-state index contributed by atoms with van der Waals surface area (Å²) in [6.07, 6.45) is 2.43. The molecule has 2 aromatic rings. The molecule has 0 radical (unpaired) electrons. The number of nitrogens with one attached hydrogen (secondary N) is 1. The highest BCUT2D eigenvalue weighted by molar-refractivity contribution is 5.79. The van der Waals surface area contributed by atoms with Crippen molar-refractivity contribution in [1.29, 1.82) is 0 Å². The average Bonchev–Trinajstić information content (AvgIpc) is 2.49. The first-order chi connectivity index (χ1) is 10.7. The highest BCUT2D eigenvalue weighted by atomic mass is 16.5. The van der Waals surface area contributed by atoms with Crippen LogP contribution in [0.4, 0.5) is 0 Å². The van der Waals surface area contributed by atoms with E-state index in [-0.39, 0.29) is 5.43 Å². The molecule has 0 spiro atoms. The summed E-state index contributed by atoms with van der Waals surface area (Å²) in [5.41, 5.74) is 3.15. The Morgan fingerprint density at radius 1 is 1.36 bits per heavy atom. The minimum absolute atomic E-state index is 0.109. The van der Waals surface area contributed by atoms with Gasteiger partial charge in [-0.3, -0.25) is 9.69 Å². The fraction of sp³-hybridized carbons (Fsp3) is 0.500. The third-order valence-electron chi connectivity index (χ3n) is 4.44. The lowest BCUT2D eigenvalue weighted by molar-refractivity contribution is 0.0868. The lowest BCUT2D eigenvalue weighted by Crippen LogP contribution is -2.37. The normalized spacial score (nSPS) is 19.6. The van der Waals surface area contributed by atoms with Gasteiger partial charge in [0, 0.05) is 42.9 Å². The second kappa shape index (κ2) is 6.63. The van der Waals surface area contributed by atoms with Crippen LogP contribution in [0.5, 0.6) is 0 Å².